The van der Waals surface area contributed by atoms with Crippen molar-refractivity contribution in [2.45, 2.75) is 0 Å². The highest BCUT2D eigenvalue weighted by Gasteiger charge is 2.21. The Morgan fingerprint density at radius 2 is 2.20 bits per heavy atom. The molecular weight excluding hydrogens is 208 g/mol. The molecule has 0 saturated carbocycles. The molecule has 0 unspecified atom stereocenters. The minimum Gasteiger partial charge on any atom is -0.495 e. The minimum atomic E-state index is 0.738. The summed E-state index contributed by atoms with van der Waals surface area (Å²) in [7, 11) is 1.65. The van der Waals surface area contributed by atoms with Gasteiger partial charge in [0.05, 0.1) is 18.3 Å². The number of rotatable bonds is 1. The molecule has 0 spiro atoms. The molecule has 2 heterocycles. The van der Waals surface area contributed by atoms with Crippen LogP contribution in [0.3, 0.4) is 0 Å². The predicted octanol–water partition coefficient (Wildman–Crippen LogP) is 2.34. The van der Waals surface area contributed by atoms with E-state index < -0.39 is 0 Å². The van der Waals surface area contributed by atoms with Gasteiger partial charge in [0.15, 0.2) is 0 Å². The van der Waals surface area contributed by atoms with Crippen molar-refractivity contribution in [3.63, 3.8) is 0 Å². The number of pyridine rings is 1. The summed E-state index contributed by atoms with van der Waals surface area (Å²) in [5, 5.41) is 4.21. The Morgan fingerprint density at radius 1 is 1.33 bits per heavy atom. The van der Waals surface area contributed by atoms with E-state index in [1.165, 1.54) is 0 Å². The van der Waals surface area contributed by atoms with E-state index in [4.69, 9.17) is 17.0 Å². The van der Waals surface area contributed by atoms with Gasteiger partial charge in [0.2, 0.25) is 0 Å². The Morgan fingerprint density at radius 3 is 3.00 bits per heavy atom. The third-order valence-electron chi connectivity index (χ3n) is 2.57. The van der Waals surface area contributed by atoms with Gasteiger partial charge in [0.1, 0.15) is 10.7 Å². The van der Waals surface area contributed by atoms with Gasteiger partial charge in [0, 0.05) is 17.1 Å². The molecule has 1 aromatic carbocycles. The van der Waals surface area contributed by atoms with Crippen molar-refractivity contribution >= 4 is 33.8 Å². The van der Waals surface area contributed by atoms with E-state index in [9.17, 15) is 0 Å². The molecule has 2 aromatic rings. The Balaban J connectivity index is 2.48. The Labute approximate surface area is 92.1 Å². The lowest BCUT2D eigenvalue weighted by Crippen LogP contribution is -2.03. The fourth-order valence-corrected chi connectivity index (χ4v) is 2.16. The standard InChI is InChI=1S/C11H8N2OS/c1-14-8-3-2-7-9-6(4-5-12-7)11(15)13-10(8)9/h2-5H,1H3,(H,13,15). The Hall–Kier alpha value is -1.68. The lowest BCUT2D eigenvalue weighted by Gasteiger charge is -2.06. The van der Waals surface area contributed by atoms with Crippen LogP contribution in [0.4, 0.5) is 5.69 Å². The number of hydrogen-bond donors (Lipinski definition) is 1. The molecule has 4 heteroatoms. The average Bonchev–Trinajstić information content (AvgIpc) is 2.60. The van der Waals surface area contributed by atoms with E-state index in [2.05, 4.69) is 10.3 Å². The molecule has 0 aliphatic carbocycles. The maximum absolute atomic E-state index is 5.28. The first-order valence-corrected chi connectivity index (χ1v) is 4.99. The van der Waals surface area contributed by atoms with E-state index in [0.717, 1.165) is 32.9 Å². The van der Waals surface area contributed by atoms with Crippen molar-refractivity contribution in [2.24, 2.45) is 0 Å². The van der Waals surface area contributed by atoms with Crippen LogP contribution in [0.5, 0.6) is 5.75 Å². The van der Waals surface area contributed by atoms with E-state index in [0.29, 0.717) is 0 Å². The van der Waals surface area contributed by atoms with Crippen LogP contribution >= 0.6 is 12.2 Å². The van der Waals surface area contributed by atoms with Crippen LogP contribution in [0.1, 0.15) is 5.56 Å². The summed E-state index contributed by atoms with van der Waals surface area (Å²) in [6, 6.07) is 5.76. The van der Waals surface area contributed by atoms with Crippen LogP contribution in [0.2, 0.25) is 0 Å². The molecule has 0 bridgehead atoms. The van der Waals surface area contributed by atoms with Crippen LogP contribution in [0, 0.1) is 0 Å². The molecule has 74 valence electrons. The molecule has 1 aliphatic rings. The van der Waals surface area contributed by atoms with E-state index in [1.54, 1.807) is 13.3 Å². The SMILES string of the molecule is COc1ccc2nccc3c2c1NC3=S. The molecule has 0 fully saturated rings. The molecule has 3 nitrogen and oxygen atoms in total. The highest BCUT2D eigenvalue weighted by molar-refractivity contribution is 7.81. The van der Waals surface area contributed by atoms with Crippen molar-refractivity contribution in [2.75, 3.05) is 12.4 Å². The number of anilines is 1. The van der Waals surface area contributed by atoms with Gasteiger partial charge < -0.3 is 10.1 Å². The van der Waals surface area contributed by atoms with Crippen molar-refractivity contribution in [3.05, 3.63) is 30.0 Å². The summed E-state index contributed by atoms with van der Waals surface area (Å²) in [5.41, 5.74) is 2.91. The van der Waals surface area contributed by atoms with Crippen LogP contribution in [0.15, 0.2) is 24.4 Å². The second-order valence-corrected chi connectivity index (χ2v) is 3.76. The summed E-state index contributed by atoms with van der Waals surface area (Å²) < 4.78 is 5.28. The summed E-state index contributed by atoms with van der Waals surface area (Å²) >= 11 is 5.25. The molecule has 1 aromatic heterocycles. The first kappa shape index (κ1) is 8.61. The molecule has 15 heavy (non-hydrogen) atoms. The number of benzene rings is 1. The van der Waals surface area contributed by atoms with Crippen LogP contribution < -0.4 is 10.1 Å². The number of ether oxygens (including phenoxy) is 1. The highest BCUT2D eigenvalue weighted by Crippen LogP contribution is 2.39. The minimum absolute atomic E-state index is 0.738. The quantitative estimate of drug-likeness (QED) is 0.742. The topological polar surface area (TPSA) is 34.1 Å². The number of hydrogen-bond acceptors (Lipinski definition) is 3. The van der Waals surface area contributed by atoms with Crippen molar-refractivity contribution in [1.82, 2.24) is 4.98 Å². The van der Waals surface area contributed by atoms with Crippen molar-refractivity contribution in [1.29, 1.82) is 0 Å². The summed E-state index contributed by atoms with van der Waals surface area (Å²) in [6.45, 7) is 0. The van der Waals surface area contributed by atoms with Gasteiger partial charge in [-0.1, -0.05) is 12.2 Å². The predicted molar refractivity (Wildman–Crippen MR) is 63.6 cm³/mol. The zero-order valence-electron chi connectivity index (χ0n) is 8.07. The van der Waals surface area contributed by atoms with Crippen LogP contribution in [0.25, 0.3) is 10.9 Å². The van der Waals surface area contributed by atoms with Gasteiger partial charge in [0.25, 0.3) is 0 Å². The molecule has 0 atom stereocenters. The van der Waals surface area contributed by atoms with E-state index in [-0.39, 0.29) is 0 Å². The molecule has 0 saturated heterocycles. The second kappa shape index (κ2) is 2.90. The average molecular weight is 216 g/mol. The fourth-order valence-electron chi connectivity index (χ4n) is 1.89. The van der Waals surface area contributed by atoms with E-state index in [1.807, 2.05) is 18.2 Å². The molecular formula is C11H8N2OS. The molecule has 0 radical (unpaired) electrons. The fraction of sp³-hybridized carbons (Fsp3) is 0.0909. The molecule has 1 N–H and O–H groups in total. The number of thiocarbonyl (C=S) groups is 1. The van der Waals surface area contributed by atoms with Crippen LogP contribution in [-0.4, -0.2) is 17.1 Å². The van der Waals surface area contributed by atoms with Gasteiger partial charge in [-0.15, -0.1) is 0 Å². The molecule has 1 aliphatic heterocycles. The summed E-state index contributed by atoms with van der Waals surface area (Å²) in [4.78, 5) is 5.04. The van der Waals surface area contributed by atoms with Gasteiger partial charge >= 0.3 is 0 Å². The van der Waals surface area contributed by atoms with Gasteiger partial charge in [-0.25, -0.2) is 0 Å². The first-order valence-electron chi connectivity index (χ1n) is 4.58. The zero-order valence-corrected chi connectivity index (χ0v) is 8.89. The summed E-state index contributed by atoms with van der Waals surface area (Å²) in [5.74, 6) is 0.802. The number of aromatic nitrogens is 1. The van der Waals surface area contributed by atoms with Crippen LogP contribution in [-0.2, 0) is 0 Å². The monoisotopic (exact) mass is 216 g/mol. The first-order chi connectivity index (χ1) is 7.31. The number of nitrogens with one attached hydrogen (secondary N) is 1. The van der Waals surface area contributed by atoms with Crippen molar-refractivity contribution < 1.29 is 4.74 Å². The lowest BCUT2D eigenvalue weighted by atomic mass is 10.1. The summed E-state index contributed by atoms with van der Waals surface area (Å²) in [6.07, 6.45) is 1.77. The third-order valence-corrected chi connectivity index (χ3v) is 2.89. The lowest BCUT2D eigenvalue weighted by molar-refractivity contribution is 0.417. The number of nitrogens with zero attached hydrogens (tertiary/aromatic N) is 1. The van der Waals surface area contributed by atoms with Gasteiger partial charge in [-0.3, -0.25) is 4.98 Å². The number of methoxy groups -OCH3 is 1. The Kier molecular flexibility index (Phi) is 1.67. The Bertz CT molecular complexity index is 580. The van der Waals surface area contributed by atoms with Gasteiger partial charge in [-0.05, 0) is 18.2 Å². The zero-order chi connectivity index (χ0) is 10.4. The molecule has 3 rings (SSSR count). The third kappa shape index (κ3) is 1.05. The maximum atomic E-state index is 5.28. The molecule has 0 amide bonds. The highest BCUT2D eigenvalue weighted by atomic mass is 32.1. The van der Waals surface area contributed by atoms with E-state index >= 15 is 0 Å². The maximum Gasteiger partial charge on any atom is 0.143 e. The van der Waals surface area contributed by atoms with Crippen molar-refractivity contribution in [3.8, 4) is 5.75 Å². The van der Waals surface area contributed by atoms with Gasteiger partial charge in [-0.2, -0.15) is 0 Å². The normalized spacial score (nSPS) is 13.0. The smallest absolute Gasteiger partial charge is 0.143 e. The second-order valence-electron chi connectivity index (χ2n) is 3.35. The largest absolute Gasteiger partial charge is 0.495 e.